The molecule has 2 aromatic rings. The number of nitrogens with zero attached hydrogens (tertiary/aromatic N) is 1. The Balaban J connectivity index is 2.14. The Labute approximate surface area is 153 Å². The summed E-state index contributed by atoms with van der Waals surface area (Å²) < 4.78 is 10.8. The zero-order valence-electron chi connectivity index (χ0n) is 14.2. The molecule has 0 aliphatic carbocycles. The molecule has 0 saturated carbocycles. The largest absolute Gasteiger partial charge is 0.493 e. The SMILES string of the molecule is COc1cccc(CN(C)C(=S)Nc2cccc(Cl)c2C)c1OC. The highest BCUT2D eigenvalue weighted by Crippen LogP contribution is 2.31. The van der Waals surface area contributed by atoms with Crippen molar-refractivity contribution in [2.24, 2.45) is 0 Å². The molecule has 0 unspecified atom stereocenters. The standard InChI is InChI=1S/C18H21ClN2O2S/c1-12-14(19)8-6-9-15(12)20-18(24)21(2)11-13-7-5-10-16(22-3)17(13)23-4/h5-10H,11H2,1-4H3,(H,20,24). The van der Waals surface area contributed by atoms with E-state index in [4.69, 9.17) is 33.3 Å². The monoisotopic (exact) mass is 364 g/mol. The van der Waals surface area contributed by atoms with Crippen LogP contribution in [0.5, 0.6) is 11.5 Å². The van der Waals surface area contributed by atoms with Crippen LogP contribution < -0.4 is 14.8 Å². The highest BCUT2D eigenvalue weighted by atomic mass is 35.5. The number of thiocarbonyl (C=S) groups is 1. The number of para-hydroxylation sites is 1. The Kier molecular flexibility index (Phi) is 6.29. The lowest BCUT2D eigenvalue weighted by Crippen LogP contribution is -2.31. The second-order valence-electron chi connectivity index (χ2n) is 5.35. The van der Waals surface area contributed by atoms with E-state index >= 15 is 0 Å². The third-order valence-electron chi connectivity index (χ3n) is 3.75. The molecule has 128 valence electrons. The second-order valence-corrected chi connectivity index (χ2v) is 6.15. The smallest absolute Gasteiger partial charge is 0.173 e. The van der Waals surface area contributed by atoms with Crippen LogP contribution in [0.15, 0.2) is 36.4 Å². The Bertz CT molecular complexity index is 737. The molecule has 0 fully saturated rings. The second kappa shape index (κ2) is 8.22. The van der Waals surface area contributed by atoms with Crippen molar-refractivity contribution in [2.75, 3.05) is 26.6 Å². The molecule has 0 spiro atoms. The van der Waals surface area contributed by atoms with Gasteiger partial charge in [-0.15, -0.1) is 0 Å². The molecule has 0 aliphatic heterocycles. The Morgan fingerprint density at radius 1 is 1.17 bits per heavy atom. The maximum Gasteiger partial charge on any atom is 0.173 e. The lowest BCUT2D eigenvalue weighted by atomic mass is 10.1. The first-order chi connectivity index (χ1) is 11.5. The predicted octanol–water partition coefficient (Wildman–Crippen LogP) is 4.49. The van der Waals surface area contributed by atoms with Gasteiger partial charge in [0.15, 0.2) is 16.6 Å². The van der Waals surface area contributed by atoms with E-state index in [2.05, 4.69) is 5.32 Å². The summed E-state index contributed by atoms with van der Waals surface area (Å²) in [7, 11) is 5.18. The number of methoxy groups -OCH3 is 2. The molecular weight excluding hydrogens is 344 g/mol. The highest BCUT2D eigenvalue weighted by molar-refractivity contribution is 7.80. The Morgan fingerprint density at radius 3 is 2.54 bits per heavy atom. The molecule has 6 heteroatoms. The first kappa shape index (κ1) is 18.4. The van der Waals surface area contributed by atoms with Crippen LogP contribution in [0.1, 0.15) is 11.1 Å². The molecule has 0 aliphatic rings. The fourth-order valence-electron chi connectivity index (χ4n) is 2.36. The molecule has 0 saturated heterocycles. The number of halogens is 1. The van der Waals surface area contributed by atoms with Gasteiger partial charge in [0.1, 0.15) is 0 Å². The number of ether oxygens (including phenoxy) is 2. The maximum atomic E-state index is 6.15. The van der Waals surface area contributed by atoms with E-state index in [0.29, 0.717) is 28.2 Å². The molecular formula is C18H21ClN2O2S. The van der Waals surface area contributed by atoms with Crippen molar-refractivity contribution in [2.45, 2.75) is 13.5 Å². The topological polar surface area (TPSA) is 33.7 Å². The molecule has 1 N–H and O–H groups in total. The summed E-state index contributed by atoms with van der Waals surface area (Å²) in [5.74, 6) is 1.42. The van der Waals surface area contributed by atoms with Gasteiger partial charge in [0, 0.05) is 29.9 Å². The number of hydrogen-bond acceptors (Lipinski definition) is 3. The number of hydrogen-bond donors (Lipinski definition) is 1. The van der Waals surface area contributed by atoms with E-state index in [1.807, 2.05) is 55.3 Å². The van der Waals surface area contributed by atoms with Crippen molar-refractivity contribution in [3.8, 4) is 11.5 Å². The summed E-state index contributed by atoms with van der Waals surface area (Å²) in [6, 6.07) is 11.5. The zero-order chi connectivity index (χ0) is 17.7. The molecule has 2 rings (SSSR count). The van der Waals surface area contributed by atoms with Crippen molar-refractivity contribution < 1.29 is 9.47 Å². The molecule has 0 aromatic heterocycles. The molecule has 24 heavy (non-hydrogen) atoms. The van der Waals surface area contributed by atoms with Crippen molar-refractivity contribution in [1.82, 2.24) is 4.90 Å². The van der Waals surface area contributed by atoms with E-state index in [1.54, 1.807) is 14.2 Å². The molecule has 0 atom stereocenters. The van der Waals surface area contributed by atoms with E-state index in [-0.39, 0.29) is 0 Å². The van der Waals surface area contributed by atoms with Gasteiger partial charge in [0.25, 0.3) is 0 Å². The van der Waals surface area contributed by atoms with Crippen LogP contribution >= 0.6 is 23.8 Å². The van der Waals surface area contributed by atoms with Gasteiger partial charge >= 0.3 is 0 Å². The Hall–Kier alpha value is -1.98. The normalized spacial score (nSPS) is 10.2. The number of rotatable bonds is 5. The third-order valence-corrected chi connectivity index (χ3v) is 4.57. The number of nitrogens with one attached hydrogen (secondary N) is 1. The minimum absolute atomic E-state index is 0.589. The van der Waals surface area contributed by atoms with Crippen molar-refractivity contribution in [1.29, 1.82) is 0 Å². The van der Waals surface area contributed by atoms with E-state index < -0.39 is 0 Å². The summed E-state index contributed by atoms with van der Waals surface area (Å²) in [6.45, 7) is 2.55. The van der Waals surface area contributed by atoms with E-state index in [9.17, 15) is 0 Å². The van der Waals surface area contributed by atoms with Crippen LogP contribution in [0, 0.1) is 6.92 Å². The van der Waals surface area contributed by atoms with Gasteiger partial charge in [-0.1, -0.05) is 29.8 Å². The summed E-state index contributed by atoms with van der Waals surface area (Å²) in [4.78, 5) is 1.94. The fraction of sp³-hybridized carbons (Fsp3) is 0.278. The van der Waals surface area contributed by atoms with E-state index in [1.165, 1.54) is 0 Å². The Morgan fingerprint density at radius 2 is 1.88 bits per heavy atom. The average molecular weight is 365 g/mol. The molecule has 0 bridgehead atoms. The molecule has 2 aromatic carbocycles. The summed E-state index contributed by atoms with van der Waals surface area (Å²) >= 11 is 11.7. The van der Waals surface area contributed by atoms with Gasteiger partial charge in [0.05, 0.1) is 14.2 Å². The van der Waals surface area contributed by atoms with Gasteiger partial charge in [-0.25, -0.2) is 0 Å². The fourth-order valence-corrected chi connectivity index (χ4v) is 2.71. The molecule has 0 amide bonds. The third kappa shape index (κ3) is 4.10. The average Bonchev–Trinajstić information content (AvgIpc) is 2.58. The quantitative estimate of drug-likeness (QED) is 0.790. The van der Waals surface area contributed by atoms with Crippen LogP contribution in [-0.2, 0) is 6.54 Å². The van der Waals surface area contributed by atoms with Crippen LogP contribution in [-0.4, -0.2) is 31.3 Å². The van der Waals surface area contributed by atoms with Crippen LogP contribution in [0.3, 0.4) is 0 Å². The molecule has 0 heterocycles. The van der Waals surface area contributed by atoms with Gasteiger partial charge in [-0.2, -0.15) is 0 Å². The maximum absolute atomic E-state index is 6.15. The minimum atomic E-state index is 0.589. The predicted molar refractivity (Wildman–Crippen MR) is 103 cm³/mol. The summed E-state index contributed by atoms with van der Waals surface area (Å²) in [6.07, 6.45) is 0. The molecule has 4 nitrogen and oxygen atoms in total. The van der Waals surface area contributed by atoms with Gasteiger partial charge < -0.3 is 19.7 Å². The summed E-state index contributed by atoms with van der Waals surface area (Å²) in [5.41, 5.74) is 2.86. The molecule has 0 radical (unpaired) electrons. The van der Waals surface area contributed by atoms with Gasteiger partial charge in [-0.05, 0) is 42.9 Å². The van der Waals surface area contributed by atoms with Crippen molar-refractivity contribution >= 4 is 34.6 Å². The number of benzene rings is 2. The lowest BCUT2D eigenvalue weighted by Gasteiger charge is -2.23. The number of anilines is 1. The first-order valence-electron chi connectivity index (χ1n) is 7.45. The highest BCUT2D eigenvalue weighted by Gasteiger charge is 2.14. The first-order valence-corrected chi connectivity index (χ1v) is 8.23. The van der Waals surface area contributed by atoms with Crippen molar-refractivity contribution in [3.05, 3.63) is 52.5 Å². The van der Waals surface area contributed by atoms with Gasteiger partial charge in [-0.3, -0.25) is 0 Å². The summed E-state index contributed by atoms with van der Waals surface area (Å²) in [5, 5.41) is 4.55. The van der Waals surface area contributed by atoms with Crippen LogP contribution in [0.2, 0.25) is 5.02 Å². The van der Waals surface area contributed by atoms with Crippen LogP contribution in [0.25, 0.3) is 0 Å². The lowest BCUT2D eigenvalue weighted by molar-refractivity contribution is 0.347. The van der Waals surface area contributed by atoms with E-state index in [0.717, 1.165) is 16.8 Å². The van der Waals surface area contributed by atoms with Crippen LogP contribution in [0.4, 0.5) is 5.69 Å². The van der Waals surface area contributed by atoms with Crippen molar-refractivity contribution in [3.63, 3.8) is 0 Å². The van der Waals surface area contributed by atoms with Gasteiger partial charge in [0.2, 0.25) is 0 Å². The minimum Gasteiger partial charge on any atom is -0.493 e. The zero-order valence-corrected chi connectivity index (χ0v) is 15.8.